The highest BCUT2D eigenvalue weighted by molar-refractivity contribution is 5.75. The summed E-state index contributed by atoms with van der Waals surface area (Å²) in [5.74, 6) is -6.82. The zero-order chi connectivity index (χ0) is 66.8. The van der Waals surface area contributed by atoms with E-state index in [9.17, 15) is 49.8 Å². The predicted octanol–water partition coefficient (Wildman–Crippen LogP) is 14.5. The number of aliphatic hydroxyl groups is 2. The van der Waals surface area contributed by atoms with Crippen LogP contribution in [0.25, 0.3) is 0 Å². The highest BCUT2D eigenvalue weighted by Gasteiger charge is 2.63. The molecule has 0 saturated heterocycles. The number of aromatic hydroxyl groups is 4. The fraction of sp³-hybridized carbons (Fsp3) is 0.616. The molecule has 0 amide bonds. The molecule has 0 aliphatic heterocycles. The minimum atomic E-state index is -3.30. The lowest BCUT2D eigenvalue weighted by atomic mass is 9.78. The lowest BCUT2D eigenvalue weighted by molar-refractivity contribution is -0.392. The minimum Gasteiger partial charge on any atom is -0.507 e. The van der Waals surface area contributed by atoms with Gasteiger partial charge in [-0.1, -0.05) is 215 Å². The quantitative estimate of drug-likeness (QED) is 0.0358. The van der Waals surface area contributed by atoms with E-state index >= 15 is 0 Å². The van der Waals surface area contributed by atoms with Gasteiger partial charge in [0.1, 0.15) is 29.6 Å². The maximum absolute atomic E-state index is 14.9. The number of phenolic OH excluding ortho intramolecular Hbond substituents is 4. The fourth-order valence-corrected chi connectivity index (χ4v) is 10.6. The third kappa shape index (κ3) is 18.5. The Balaban J connectivity index is 1.95. The number of carbonyl (C=O) groups excluding carboxylic acids is 4. The Morgan fingerprint density at radius 3 is 0.644 bits per heavy atom. The van der Waals surface area contributed by atoms with Crippen LogP contribution in [0.3, 0.4) is 0 Å². The number of hydrogen-bond donors (Lipinski definition) is 6. The van der Waals surface area contributed by atoms with Crippen molar-refractivity contribution < 1.29 is 68.8 Å². The predicted molar refractivity (Wildman–Crippen MR) is 344 cm³/mol. The van der Waals surface area contributed by atoms with Gasteiger partial charge in [0.25, 0.3) is 0 Å². The molecule has 0 saturated carbocycles. The molecule has 0 spiro atoms. The summed E-state index contributed by atoms with van der Waals surface area (Å²) in [7, 11) is 0. The first-order valence-electron chi connectivity index (χ1n) is 30.8. The largest absolute Gasteiger partial charge is 0.507 e. The highest BCUT2D eigenvalue weighted by atomic mass is 16.9. The second-order valence-corrected chi connectivity index (χ2v) is 32.4. The number of rotatable bonds is 20. The molecule has 14 nitrogen and oxygen atoms in total. The molecule has 0 fully saturated rings. The molecule has 4 aromatic carbocycles. The van der Waals surface area contributed by atoms with Gasteiger partial charge in [-0.3, -0.25) is 19.2 Å². The molecule has 4 aromatic rings. The minimum absolute atomic E-state index is 0.00868. The van der Waals surface area contributed by atoms with E-state index in [0.717, 1.165) is 5.56 Å². The number of esters is 4. The first kappa shape index (κ1) is 73.4. The molecule has 0 radical (unpaired) electrons. The molecule has 0 aromatic heterocycles. The standard InChI is InChI=1S/C73H108O14/c1-64(2,3)48-33-44(34-49(60(48)80)65(4,5)6)25-29-56(76)84-43-72(41-74,42-75)73(85-57(77)30-26-45-35-50(66(7,8)9)61(81)51(36-45)67(10,11)12,86-58(78)31-27-46-37-52(68(13,14)15)62(82)53(38-46)69(16,17)18)87-59(79)32-28-47-39-54(70(19,20)21)63(83)55(40-47)71(22,23)24/h33-40,74-75,80-83H,25-32,41-43H2,1-24H3. The van der Waals surface area contributed by atoms with Gasteiger partial charge in [-0.2, -0.15) is 0 Å². The van der Waals surface area contributed by atoms with Gasteiger partial charge in [-0.15, -0.1) is 0 Å². The second-order valence-electron chi connectivity index (χ2n) is 32.4. The third-order valence-electron chi connectivity index (χ3n) is 16.1. The van der Waals surface area contributed by atoms with Crippen molar-refractivity contribution in [1.29, 1.82) is 0 Å². The normalized spacial score (nSPS) is 13.4. The van der Waals surface area contributed by atoms with Crippen LogP contribution in [0.5, 0.6) is 23.0 Å². The van der Waals surface area contributed by atoms with Crippen LogP contribution in [0.2, 0.25) is 0 Å². The van der Waals surface area contributed by atoms with E-state index in [1.807, 2.05) is 178 Å². The summed E-state index contributed by atoms with van der Waals surface area (Å²) in [4.78, 5) is 58.8. The first-order chi connectivity index (χ1) is 39.3. The topological polar surface area (TPSA) is 227 Å². The molecule has 0 atom stereocenters. The van der Waals surface area contributed by atoms with Crippen molar-refractivity contribution in [3.8, 4) is 23.0 Å². The van der Waals surface area contributed by atoms with Gasteiger partial charge in [0.05, 0.1) is 13.2 Å². The van der Waals surface area contributed by atoms with E-state index in [2.05, 4.69) is 0 Å². The van der Waals surface area contributed by atoms with Gasteiger partial charge in [0.2, 0.25) is 0 Å². The number of ether oxygens (including phenoxy) is 4. The Morgan fingerprint density at radius 1 is 0.310 bits per heavy atom. The molecule has 4 rings (SSSR count). The summed E-state index contributed by atoms with van der Waals surface area (Å²) in [6.45, 7) is 43.7. The van der Waals surface area contributed by atoms with Crippen LogP contribution in [-0.4, -0.2) is 80.3 Å². The Labute approximate surface area is 520 Å². The average Bonchev–Trinajstić information content (AvgIpc) is 2.05. The molecule has 0 aliphatic carbocycles. The van der Waals surface area contributed by atoms with Crippen LogP contribution in [0, 0.1) is 5.41 Å². The smallest absolute Gasteiger partial charge is 0.437 e. The van der Waals surface area contributed by atoms with Crippen molar-refractivity contribution in [2.45, 2.75) is 267 Å². The summed E-state index contributed by atoms with van der Waals surface area (Å²) in [6.07, 6.45) is -1.37. The number of aliphatic hydroxyl groups excluding tert-OH is 2. The van der Waals surface area contributed by atoms with E-state index < -0.39 is 118 Å². The second kappa shape index (κ2) is 26.5. The molecular formula is C73H108O14. The SMILES string of the molecule is CC(C)(C)c1cc(CCC(=O)OCC(CO)(CO)C(OC(=O)CCc2cc(C(C)(C)C)c(O)c(C(C)(C)C)c2)(OC(=O)CCc2cc(C(C)(C)C)c(O)c(C(C)(C)C)c2)OC(=O)CCc2cc(C(C)(C)C)c(O)c(C(C)(C)C)c2)cc(C(C)(C)C)c1O. The monoisotopic (exact) mass is 1210 g/mol. The van der Waals surface area contributed by atoms with Gasteiger partial charge in [-0.05, 0) is 136 Å². The van der Waals surface area contributed by atoms with Crippen LogP contribution in [0.1, 0.15) is 259 Å². The average molecular weight is 1210 g/mol. The Kier molecular flexibility index (Phi) is 22.4. The van der Waals surface area contributed by atoms with Gasteiger partial charge in [0, 0.05) is 25.7 Å². The van der Waals surface area contributed by atoms with Crippen molar-refractivity contribution in [2.24, 2.45) is 5.41 Å². The van der Waals surface area contributed by atoms with Gasteiger partial charge >= 0.3 is 29.9 Å². The van der Waals surface area contributed by atoms with Crippen LogP contribution in [0.15, 0.2) is 48.5 Å². The molecule has 0 unspecified atom stereocenters. The Morgan fingerprint density at radius 2 is 0.483 bits per heavy atom. The Hall–Kier alpha value is -6.12. The zero-order valence-electron chi connectivity index (χ0n) is 57.3. The molecule has 14 heteroatoms. The summed E-state index contributed by atoms with van der Waals surface area (Å²) in [5.41, 5.74) is 1.31. The number of hydrogen-bond acceptors (Lipinski definition) is 14. The maximum atomic E-state index is 14.9. The van der Waals surface area contributed by atoms with Crippen molar-refractivity contribution in [3.05, 3.63) is 115 Å². The van der Waals surface area contributed by atoms with Crippen LogP contribution < -0.4 is 0 Å². The van der Waals surface area contributed by atoms with Crippen molar-refractivity contribution >= 4 is 23.9 Å². The summed E-state index contributed by atoms with van der Waals surface area (Å²) < 4.78 is 24.7. The summed E-state index contributed by atoms with van der Waals surface area (Å²) in [6, 6.07) is 14.5. The zero-order valence-corrected chi connectivity index (χ0v) is 57.3. The van der Waals surface area contributed by atoms with Gasteiger partial charge in [-0.25, -0.2) is 0 Å². The van der Waals surface area contributed by atoms with E-state index in [-0.39, 0.29) is 55.1 Å². The highest BCUT2D eigenvalue weighted by Crippen LogP contribution is 2.46. The van der Waals surface area contributed by atoms with E-state index in [1.54, 1.807) is 36.4 Å². The molecule has 6 N–H and O–H groups in total. The molecule has 484 valence electrons. The molecule has 87 heavy (non-hydrogen) atoms. The van der Waals surface area contributed by atoms with Crippen LogP contribution in [-0.2, 0) is 107 Å². The van der Waals surface area contributed by atoms with E-state index in [4.69, 9.17) is 18.9 Å². The van der Waals surface area contributed by atoms with E-state index in [0.29, 0.717) is 61.2 Å². The van der Waals surface area contributed by atoms with Crippen LogP contribution in [0.4, 0.5) is 0 Å². The Bertz CT molecular complexity index is 2740. The lowest BCUT2D eigenvalue weighted by Crippen LogP contribution is -2.63. The first-order valence-corrected chi connectivity index (χ1v) is 30.8. The number of phenols is 4. The van der Waals surface area contributed by atoms with Crippen LogP contribution >= 0.6 is 0 Å². The van der Waals surface area contributed by atoms with Gasteiger partial charge < -0.3 is 49.6 Å². The summed E-state index contributed by atoms with van der Waals surface area (Å²) >= 11 is 0. The molecule has 0 bridgehead atoms. The van der Waals surface area contributed by atoms with E-state index in [1.165, 1.54) is 0 Å². The van der Waals surface area contributed by atoms with Crippen molar-refractivity contribution in [2.75, 3.05) is 19.8 Å². The van der Waals surface area contributed by atoms with Crippen molar-refractivity contribution in [1.82, 2.24) is 0 Å². The maximum Gasteiger partial charge on any atom is 0.437 e. The molecule has 0 heterocycles. The molecular weight excluding hydrogens is 1100 g/mol. The summed E-state index contributed by atoms with van der Waals surface area (Å²) in [5, 5.41) is 69.5. The van der Waals surface area contributed by atoms with Crippen molar-refractivity contribution in [3.63, 3.8) is 0 Å². The molecule has 0 aliphatic rings. The number of carbonyl (C=O) groups is 4. The fourth-order valence-electron chi connectivity index (χ4n) is 10.6. The third-order valence-corrected chi connectivity index (χ3v) is 16.1. The lowest BCUT2D eigenvalue weighted by Gasteiger charge is -2.43. The number of benzene rings is 4. The van der Waals surface area contributed by atoms with Gasteiger partial charge in [0.15, 0.2) is 5.41 Å². The number of aryl methyl sites for hydroxylation is 4.